The molecular formula is C18H25N3O3. The quantitative estimate of drug-likeness (QED) is 0.707. The van der Waals surface area contributed by atoms with E-state index in [4.69, 9.17) is 0 Å². The molecule has 0 spiro atoms. The van der Waals surface area contributed by atoms with Crippen molar-refractivity contribution >= 4 is 11.8 Å². The molecule has 6 nitrogen and oxygen atoms in total. The molecule has 130 valence electrons. The zero-order valence-electron chi connectivity index (χ0n) is 14.4. The van der Waals surface area contributed by atoms with Crippen molar-refractivity contribution in [2.24, 2.45) is 11.8 Å². The highest BCUT2D eigenvalue weighted by molar-refractivity contribution is 5.94. The molecule has 1 aromatic heterocycles. The summed E-state index contributed by atoms with van der Waals surface area (Å²) in [6.07, 6.45) is 5.68. The van der Waals surface area contributed by atoms with E-state index in [2.05, 4.69) is 29.5 Å². The number of fused-ring (bicyclic) bond motifs is 1. The number of nitrogens with one attached hydrogen (secondary N) is 3. The van der Waals surface area contributed by atoms with Gasteiger partial charge in [0.05, 0.1) is 0 Å². The van der Waals surface area contributed by atoms with Crippen LogP contribution in [0.4, 0.5) is 0 Å². The normalized spacial score (nSPS) is 16.9. The molecule has 1 heterocycles. The van der Waals surface area contributed by atoms with Crippen LogP contribution in [0.2, 0.25) is 0 Å². The average Bonchev–Trinajstić information content (AvgIpc) is 2.57. The molecule has 1 aliphatic carbocycles. The minimum Gasteiger partial charge on any atom is -0.356 e. The van der Waals surface area contributed by atoms with Crippen LogP contribution in [-0.4, -0.2) is 30.4 Å². The lowest BCUT2D eigenvalue weighted by Gasteiger charge is -2.27. The van der Waals surface area contributed by atoms with E-state index in [-0.39, 0.29) is 23.6 Å². The van der Waals surface area contributed by atoms with Gasteiger partial charge in [0.2, 0.25) is 5.91 Å². The summed E-state index contributed by atoms with van der Waals surface area (Å²) in [5.41, 5.74) is 1.79. The third-order valence-corrected chi connectivity index (χ3v) is 4.55. The molecule has 0 fully saturated rings. The summed E-state index contributed by atoms with van der Waals surface area (Å²) >= 11 is 0. The van der Waals surface area contributed by atoms with Crippen LogP contribution in [0.1, 0.15) is 41.9 Å². The molecule has 1 atom stereocenters. The molecule has 3 N–H and O–H groups in total. The maximum absolute atomic E-state index is 12.2. The number of pyridine rings is 1. The predicted octanol–water partition coefficient (Wildman–Crippen LogP) is 1.17. The predicted molar refractivity (Wildman–Crippen MR) is 93.0 cm³/mol. The van der Waals surface area contributed by atoms with Gasteiger partial charge in [-0.15, -0.1) is 0 Å². The minimum absolute atomic E-state index is 0.131. The number of carbonyl (C=O) groups excluding carboxylic acids is 2. The van der Waals surface area contributed by atoms with Crippen molar-refractivity contribution in [3.63, 3.8) is 0 Å². The Morgan fingerprint density at radius 3 is 2.83 bits per heavy atom. The average molecular weight is 331 g/mol. The maximum Gasteiger partial charge on any atom is 0.261 e. The second-order valence-corrected chi connectivity index (χ2v) is 6.49. The van der Waals surface area contributed by atoms with Crippen LogP contribution in [0, 0.1) is 11.8 Å². The summed E-state index contributed by atoms with van der Waals surface area (Å²) in [4.78, 5) is 38.3. The highest BCUT2D eigenvalue weighted by atomic mass is 16.2. The number of aryl methyl sites for hydroxylation is 1. The van der Waals surface area contributed by atoms with E-state index in [1.54, 1.807) is 6.07 Å². The van der Waals surface area contributed by atoms with Crippen molar-refractivity contribution < 1.29 is 9.59 Å². The van der Waals surface area contributed by atoms with Crippen LogP contribution in [0.5, 0.6) is 0 Å². The molecule has 0 radical (unpaired) electrons. The van der Waals surface area contributed by atoms with Crippen molar-refractivity contribution in [1.29, 1.82) is 0 Å². The number of carbonyl (C=O) groups is 2. The molecule has 0 saturated heterocycles. The number of aromatic nitrogens is 1. The molecule has 1 unspecified atom stereocenters. The van der Waals surface area contributed by atoms with Gasteiger partial charge in [-0.1, -0.05) is 19.9 Å². The standard InChI is InChI=1S/C18H25N3O3/c1-11(2)12-6-7-15-13(9-12)10-14(18(24)21-15)17(23)20-8-4-5-16(22)19-3/h4-5,10-12H,6-9H2,1-3H3,(H,19,22)(H,20,23)(H,21,24)/b5-4+. The van der Waals surface area contributed by atoms with Gasteiger partial charge in [-0.2, -0.15) is 0 Å². The van der Waals surface area contributed by atoms with Gasteiger partial charge in [0, 0.05) is 25.4 Å². The van der Waals surface area contributed by atoms with Crippen LogP contribution in [-0.2, 0) is 17.6 Å². The molecule has 1 aliphatic rings. The van der Waals surface area contributed by atoms with Crippen molar-refractivity contribution in [3.05, 3.63) is 45.4 Å². The first-order valence-corrected chi connectivity index (χ1v) is 8.34. The molecule has 24 heavy (non-hydrogen) atoms. The maximum atomic E-state index is 12.2. The van der Waals surface area contributed by atoms with Crippen molar-refractivity contribution in [3.8, 4) is 0 Å². The van der Waals surface area contributed by atoms with Crippen molar-refractivity contribution in [1.82, 2.24) is 15.6 Å². The van der Waals surface area contributed by atoms with E-state index < -0.39 is 5.91 Å². The van der Waals surface area contributed by atoms with Gasteiger partial charge < -0.3 is 15.6 Å². The van der Waals surface area contributed by atoms with Crippen LogP contribution in [0.3, 0.4) is 0 Å². The molecule has 0 aliphatic heterocycles. The van der Waals surface area contributed by atoms with Crippen LogP contribution in [0.15, 0.2) is 23.0 Å². The van der Waals surface area contributed by atoms with Crippen molar-refractivity contribution in [2.45, 2.75) is 33.1 Å². The fourth-order valence-corrected chi connectivity index (χ4v) is 2.96. The van der Waals surface area contributed by atoms with Gasteiger partial charge >= 0.3 is 0 Å². The molecule has 2 amide bonds. The molecule has 0 aromatic carbocycles. The Morgan fingerprint density at radius 1 is 1.42 bits per heavy atom. The summed E-state index contributed by atoms with van der Waals surface area (Å²) in [7, 11) is 1.53. The van der Waals surface area contributed by atoms with E-state index in [0.29, 0.717) is 11.8 Å². The molecular weight excluding hydrogens is 306 g/mol. The minimum atomic E-state index is -0.424. The zero-order valence-corrected chi connectivity index (χ0v) is 14.4. The van der Waals surface area contributed by atoms with Gasteiger partial charge in [-0.25, -0.2) is 0 Å². The summed E-state index contributed by atoms with van der Waals surface area (Å²) < 4.78 is 0. The fourth-order valence-electron chi connectivity index (χ4n) is 2.96. The Morgan fingerprint density at radius 2 is 2.17 bits per heavy atom. The summed E-state index contributed by atoms with van der Waals surface area (Å²) in [6.45, 7) is 4.60. The zero-order chi connectivity index (χ0) is 17.7. The van der Waals surface area contributed by atoms with Crippen LogP contribution in [0.25, 0.3) is 0 Å². The monoisotopic (exact) mass is 331 g/mol. The lowest BCUT2D eigenvalue weighted by molar-refractivity contribution is -0.116. The van der Waals surface area contributed by atoms with Crippen LogP contribution >= 0.6 is 0 Å². The number of hydrogen-bond acceptors (Lipinski definition) is 3. The van der Waals surface area contributed by atoms with Gasteiger partial charge in [0.25, 0.3) is 11.5 Å². The number of aromatic amines is 1. The van der Waals surface area contributed by atoms with Gasteiger partial charge in [-0.3, -0.25) is 14.4 Å². The number of amides is 2. The number of likely N-dealkylation sites (N-methyl/N-ethyl adjacent to an activating group) is 1. The largest absolute Gasteiger partial charge is 0.356 e. The third kappa shape index (κ3) is 4.34. The van der Waals surface area contributed by atoms with Crippen molar-refractivity contribution in [2.75, 3.05) is 13.6 Å². The first-order chi connectivity index (χ1) is 11.4. The lowest BCUT2D eigenvalue weighted by Crippen LogP contribution is -2.32. The summed E-state index contributed by atoms with van der Waals surface area (Å²) in [6, 6.07) is 1.72. The highest BCUT2D eigenvalue weighted by Crippen LogP contribution is 2.28. The Balaban J connectivity index is 2.09. The Bertz CT molecular complexity index is 704. The van der Waals surface area contributed by atoms with E-state index >= 15 is 0 Å². The fraction of sp³-hybridized carbons (Fsp3) is 0.500. The summed E-state index contributed by atoms with van der Waals surface area (Å²) in [5.74, 6) is 0.495. The molecule has 6 heteroatoms. The van der Waals surface area contributed by atoms with E-state index in [0.717, 1.165) is 30.5 Å². The molecule has 0 bridgehead atoms. The summed E-state index contributed by atoms with van der Waals surface area (Å²) in [5, 5.41) is 5.08. The van der Waals surface area contributed by atoms with E-state index in [9.17, 15) is 14.4 Å². The van der Waals surface area contributed by atoms with E-state index in [1.165, 1.54) is 19.2 Å². The number of rotatable bonds is 5. The molecule has 0 saturated carbocycles. The smallest absolute Gasteiger partial charge is 0.261 e. The lowest BCUT2D eigenvalue weighted by atomic mass is 9.80. The molecule has 1 aromatic rings. The SMILES string of the molecule is CNC(=O)/C=C/CNC(=O)c1cc2c([nH]c1=O)CCC(C(C)C)C2. The van der Waals surface area contributed by atoms with Gasteiger partial charge in [0.15, 0.2) is 0 Å². The van der Waals surface area contributed by atoms with Crippen LogP contribution < -0.4 is 16.2 Å². The Kier molecular flexibility index (Phi) is 5.95. The number of H-pyrrole nitrogens is 1. The van der Waals surface area contributed by atoms with Gasteiger partial charge in [0.1, 0.15) is 5.56 Å². The Hall–Kier alpha value is -2.37. The Labute approximate surface area is 141 Å². The number of hydrogen-bond donors (Lipinski definition) is 3. The highest BCUT2D eigenvalue weighted by Gasteiger charge is 2.23. The second kappa shape index (κ2) is 7.95. The molecule has 2 rings (SSSR count). The first kappa shape index (κ1) is 18.0. The topological polar surface area (TPSA) is 91.1 Å². The van der Waals surface area contributed by atoms with E-state index in [1.807, 2.05) is 0 Å². The van der Waals surface area contributed by atoms with Gasteiger partial charge in [-0.05, 0) is 42.7 Å². The second-order valence-electron chi connectivity index (χ2n) is 6.49. The first-order valence-electron chi connectivity index (χ1n) is 8.34. The third-order valence-electron chi connectivity index (χ3n) is 4.55.